The Bertz CT molecular complexity index is 322. The summed E-state index contributed by atoms with van der Waals surface area (Å²) in [7, 11) is 0. The van der Waals surface area contributed by atoms with E-state index in [4.69, 9.17) is 0 Å². The van der Waals surface area contributed by atoms with Gasteiger partial charge in [-0.15, -0.1) is 0 Å². The van der Waals surface area contributed by atoms with Crippen LogP contribution >= 0.6 is 15.9 Å². The van der Waals surface area contributed by atoms with Gasteiger partial charge in [0.15, 0.2) is 0 Å². The molecule has 1 unspecified atom stereocenters. The summed E-state index contributed by atoms with van der Waals surface area (Å²) in [4.78, 5) is 0. The first kappa shape index (κ1) is 9.99. The van der Waals surface area contributed by atoms with E-state index >= 15 is 0 Å². The van der Waals surface area contributed by atoms with Gasteiger partial charge in [0.25, 0.3) is 0 Å². The van der Waals surface area contributed by atoms with Crippen molar-refractivity contribution in [3.8, 4) is 5.75 Å². The third-order valence-electron chi connectivity index (χ3n) is 2.72. The van der Waals surface area contributed by atoms with Crippen LogP contribution < -0.4 is 5.32 Å². The van der Waals surface area contributed by atoms with Crippen LogP contribution in [0.4, 0.5) is 0 Å². The van der Waals surface area contributed by atoms with Crippen molar-refractivity contribution in [1.29, 1.82) is 0 Å². The maximum Gasteiger partial charge on any atom is 0.120 e. The number of phenolic OH excluding ortho intramolecular Hbond substituents is 1. The van der Waals surface area contributed by atoms with Crippen LogP contribution in [0.5, 0.6) is 5.75 Å². The molecule has 1 heterocycles. The van der Waals surface area contributed by atoms with Crippen molar-refractivity contribution in [2.75, 3.05) is 13.1 Å². The first-order valence-corrected chi connectivity index (χ1v) is 5.67. The molecule has 0 spiro atoms. The molecule has 1 atom stereocenters. The van der Waals surface area contributed by atoms with Crippen molar-refractivity contribution in [1.82, 2.24) is 5.32 Å². The molecular formula is C11H14BrNO. The molecule has 2 N–H and O–H groups in total. The molecule has 1 aromatic carbocycles. The fraction of sp³-hybridized carbons (Fsp3) is 0.455. The Labute approximate surface area is 92.5 Å². The Morgan fingerprint density at radius 2 is 2.29 bits per heavy atom. The molecule has 1 aliphatic heterocycles. The molecule has 0 aromatic heterocycles. The van der Waals surface area contributed by atoms with Crippen molar-refractivity contribution in [2.45, 2.75) is 19.3 Å². The van der Waals surface area contributed by atoms with E-state index in [2.05, 4.69) is 27.3 Å². The van der Waals surface area contributed by atoms with Crippen molar-refractivity contribution in [3.05, 3.63) is 27.7 Å². The number of benzene rings is 1. The van der Waals surface area contributed by atoms with E-state index in [-0.39, 0.29) is 0 Å². The van der Waals surface area contributed by atoms with Gasteiger partial charge in [0.2, 0.25) is 0 Å². The van der Waals surface area contributed by atoms with Gasteiger partial charge in [0.05, 0.1) is 0 Å². The summed E-state index contributed by atoms with van der Waals surface area (Å²) in [5.41, 5.74) is 2.14. The quantitative estimate of drug-likeness (QED) is 0.809. The lowest BCUT2D eigenvalue weighted by Crippen LogP contribution is -2.08. The first-order valence-electron chi connectivity index (χ1n) is 4.88. The lowest BCUT2D eigenvalue weighted by atomic mass is 9.96. The standard InChI is InChI=1S/C11H14BrNO/c1-7-4-9(12)11(10(14)5-7)8-2-3-13-6-8/h4-5,8,13-14H,2-3,6H2,1H3. The summed E-state index contributed by atoms with van der Waals surface area (Å²) < 4.78 is 1.03. The first-order chi connectivity index (χ1) is 6.68. The number of hydrogen-bond acceptors (Lipinski definition) is 2. The minimum Gasteiger partial charge on any atom is -0.508 e. The minimum atomic E-state index is 0.422. The Kier molecular flexibility index (Phi) is 2.79. The van der Waals surface area contributed by atoms with Gasteiger partial charge >= 0.3 is 0 Å². The van der Waals surface area contributed by atoms with Gasteiger partial charge in [-0.2, -0.15) is 0 Å². The van der Waals surface area contributed by atoms with E-state index in [1.54, 1.807) is 0 Å². The molecule has 3 heteroatoms. The average molecular weight is 256 g/mol. The van der Waals surface area contributed by atoms with Crippen LogP contribution in [0.25, 0.3) is 0 Å². The van der Waals surface area contributed by atoms with Crippen LogP contribution in [0.1, 0.15) is 23.5 Å². The Morgan fingerprint density at radius 1 is 1.50 bits per heavy atom. The predicted octanol–water partition coefficient (Wildman–Crippen LogP) is 2.54. The summed E-state index contributed by atoms with van der Waals surface area (Å²) in [5.74, 6) is 0.871. The summed E-state index contributed by atoms with van der Waals surface area (Å²) in [6.07, 6.45) is 1.11. The molecule has 14 heavy (non-hydrogen) atoms. The highest BCUT2D eigenvalue weighted by Gasteiger charge is 2.22. The number of hydrogen-bond donors (Lipinski definition) is 2. The third-order valence-corrected chi connectivity index (χ3v) is 3.38. The third kappa shape index (κ3) is 1.79. The van der Waals surface area contributed by atoms with Crippen molar-refractivity contribution in [2.24, 2.45) is 0 Å². The zero-order valence-corrected chi connectivity index (χ0v) is 9.76. The van der Waals surface area contributed by atoms with E-state index in [9.17, 15) is 5.11 Å². The van der Waals surface area contributed by atoms with Crippen LogP contribution in [-0.2, 0) is 0 Å². The molecular weight excluding hydrogens is 242 g/mol. The smallest absolute Gasteiger partial charge is 0.120 e. The highest BCUT2D eigenvalue weighted by Crippen LogP contribution is 2.36. The van der Waals surface area contributed by atoms with E-state index in [0.717, 1.165) is 35.1 Å². The lowest BCUT2D eigenvalue weighted by Gasteiger charge is -2.14. The van der Waals surface area contributed by atoms with Gasteiger partial charge in [-0.3, -0.25) is 0 Å². The zero-order valence-electron chi connectivity index (χ0n) is 8.18. The molecule has 0 bridgehead atoms. The molecule has 1 aromatic rings. The molecule has 76 valence electrons. The molecule has 1 aliphatic rings. The van der Waals surface area contributed by atoms with Gasteiger partial charge in [-0.1, -0.05) is 15.9 Å². The number of halogens is 1. The molecule has 0 saturated carbocycles. The highest BCUT2D eigenvalue weighted by atomic mass is 79.9. The highest BCUT2D eigenvalue weighted by molar-refractivity contribution is 9.10. The number of aromatic hydroxyl groups is 1. The maximum atomic E-state index is 9.87. The Balaban J connectivity index is 2.40. The summed E-state index contributed by atoms with van der Waals surface area (Å²) in [6.45, 7) is 4.00. The van der Waals surface area contributed by atoms with Crippen molar-refractivity contribution >= 4 is 15.9 Å². The molecule has 1 saturated heterocycles. The SMILES string of the molecule is Cc1cc(O)c(C2CCNC2)c(Br)c1. The van der Waals surface area contributed by atoms with Gasteiger partial charge in [-0.25, -0.2) is 0 Å². The zero-order chi connectivity index (χ0) is 10.1. The van der Waals surface area contributed by atoms with Crippen molar-refractivity contribution < 1.29 is 5.11 Å². The van der Waals surface area contributed by atoms with Crippen LogP contribution in [0, 0.1) is 6.92 Å². The second-order valence-corrected chi connectivity index (χ2v) is 4.72. The topological polar surface area (TPSA) is 32.3 Å². The van der Waals surface area contributed by atoms with Crippen LogP contribution in [0.3, 0.4) is 0 Å². The number of aryl methyl sites for hydroxylation is 1. The van der Waals surface area contributed by atoms with E-state index in [1.807, 2.05) is 13.0 Å². The van der Waals surface area contributed by atoms with E-state index < -0.39 is 0 Å². The normalized spacial score (nSPS) is 21.4. The number of phenols is 1. The van der Waals surface area contributed by atoms with Gasteiger partial charge in [0, 0.05) is 22.5 Å². The molecule has 1 fully saturated rings. The van der Waals surface area contributed by atoms with Crippen molar-refractivity contribution in [3.63, 3.8) is 0 Å². The minimum absolute atomic E-state index is 0.422. The second-order valence-electron chi connectivity index (χ2n) is 3.87. The van der Waals surface area contributed by atoms with Gasteiger partial charge in [-0.05, 0) is 37.6 Å². The van der Waals surface area contributed by atoms with Crippen LogP contribution in [-0.4, -0.2) is 18.2 Å². The average Bonchev–Trinajstić information content (AvgIpc) is 2.54. The summed E-state index contributed by atoms with van der Waals surface area (Å²) in [5, 5.41) is 13.2. The summed E-state index contributed by atoms with van der Waals surface area (Å²) in [6, 6.07) is 3.89. The summed E-state index contributed by atoms with van der Waals surface area (Å²) >= 11 is 3.52. The van der Waals surface area contributed by atoms with Crippen LogP contribution in [0.2, 0.25) is 0 Å². The number of nitrogens with one attached hydrogen (secondary N) is 1. The Morgan fingerprint density at radius 3 is 2.86 bits per heavy atom. The molecule has 2 rings (SSSR count). The predicted molar refractivity (Wildman–Crippen MR) is 60.8 cm³/mol. The molecule has 0 radical (unpaired) electrons. The number of rotatable bonds is 1. The van der Waals surface area contributed by atoms with Gasteiger partial charge < -0.3 is 10.4 Å². The van der Waals surface area contributed by atoms with E-state index in [1.165, 1.54) is 0 Å². The largest absolute Gasteiger partial charge is 0.508 e. The lowest BCUT2D eigenvalue weighted by molar-refractivity contribution is 0.461. The monoisotopic (exact) mass is 255 g/mol. The molecule has 2 nitrogen and oxygen atoms in total. The molecule has 0 amide bonds. The van der Waals surface area contributed by atoms with Crippen LogP contribution in [0.15, 0.2) is 16.6 Å². The molecule has 0 aliphatic carbocycles. The maximum absolute atomic E-state index is 9.87. The van der Waals surface area contributed by atoms with Gasteiger partial charge in [0.1, 0.15) is 5.75 Å². The van der Waals surface area contributed by atoms with E-state index in [0.29, 0.717) is 11.7 Å². The Hall–Kier alpha value is -0.540. The fourth-order valence-electron chi connectivity index (χ4n) is 2.04. The second kappa shape index (κ2) is 3.91. The fourth-order valence-corrected chi connectivity index (χ4v) is 2.93.